The molecule has 0 saturated heterocycles. The number of hydrogen-bond acceptors (Lipinski definition) is 3. The van der Waals surface area contributed by atoms with Gasteiger partial charge < -0.3 is 16.4 Å². The zero-order valence-electron chi connectivity index (χ0n) is 11.0. The summed E-state index contributed by atoms with van der Waals surface area (Å²) in [6.07, 6.45) is 0.853. The van der Waals surface area contributed by atoms with Crippen LogP contribution in [0.25, 0.3) is 0 Å². The monoisotopic (exact) mass is 327 g/mol. The largest absolute Gasteiger partial charge is 0.398 e. The zero-order valence-corrected chi connectivity index (χ0v) is 12.6. The molecule has 0 heterocycles. The first kappa shape index (κ1) is 15.5. The smallest absolute Gasteiger partial charge is 0.254 e. The molecule has 1 rings (SSSR count). The van der Waals surface area contributed by atoms with Gasteiger partial charge in [0.05, 0.1) is 5.56 Å². The number of hydrogen-bond donors (Lipinski definition) is 3. The second-order valence-electron chi connectivity index (χ2n) is 4.22. The molecule has 1 aromatic rings. The summed E-state index contributed by atoms with van der Waals surface area (Å²) in [5.74, 6) is -0.560. The van der Waals surface area contributed by atoms with Crippen LogP contribution >= 0.6 is 15.9 Å². The van der Waals surface area contributed by atoms with Gasteiger partial charge in [0, 0.05) is 16.7 Å². The van der Waals surface area contributed by atoms with Crippen LogP contribution in [0.4, 0.5) is 5.69 Å². The Kier molecular flexibility index (Phi) is 5.82. The summed E-state index contributed by atoms with van der Waals surface area (Å²) >= 11 is 3.27. The normalized spacial score (nSPS) is 11.7. The Balaban J connectivity index is 2.66. The van der Waals surface area contributed by atoms with E-state index in [4.69, 9.17) is 5.73 Å². The van der Waals surface area contributed by atoms with E-state index in [2.05, 4.69) is 26.6 Å². The van der Waals surface area contributed by atoms with E-state index in [9.17, 15) is 9.59 Å². The predicted molar refractivity (Wildman–Crippen MR) is 78.8 cm³/mol. The maximum absolute atomic E-state index is 12.0. The van der Waals surface area contributed by atoms with Gasteiger partial charge in [-0.3, -0.25) is 9.59 Å². The fourth-order valence-corrected chi connectivity index (χ4v) is 1.86. The Hall–Kier alpha value is -1.56. The minimum absolute atomic E-state index is 0.203. The van der Waals surface area contributed by atoms with Gasteiger partial charge in [0.1, 0.15) is 6.04 Å². The maximum atomic E-state index is 12.0. The van der Waals surface area contributed by atoms with E-state index < -0.39 is 6.04 Å². The quantitative estimate of drug-likeness (QED) is 0.719. The Morgan fingerprint density at radius 3 is 2.68 bits per heavy atom. The van der Waals surface area contributed by atoms with Crippen LogP contribution in [-0.2, 0) is 4.79 Å². The number of rotatable bonds is 5. The third-order valence-electron chi connectivity index (χ3n) is 2.55. The third kappa shape index (κ3) is 4.55. The number of nitrogen functional groups attached to an aromatic ring is 1. The summed E-state index contributed by atoms with van der Waals surface area (Å²) in [5, 5.41) is 5.34. The summed E-state index contributed by atoms with van der Waals surface area (Å²) in [6.45, 7) is 4.20. The molecule has 1 aromatic carbocycles. The molecule has 5 nitrogen and oxygen atoms in total. The minimum Gasteiger partial charge on any atom is -0.398 e. The number of nitrogens with two attached hydrogens (primary N) is 1. The van der Waals surface area contributed by atoms with E-state index in [0.29, 0.717) is 17.8 Å². The van der Waals surface area contributed by atoms with Crippen LogP contribution in [-0.4, -0.2) is 24.4 Å². The Morgan fingerprint density at radius 1 is 1.42 bits per heavy atom. The van der Waals surface area contributed by atoms with Gasteiger partial charge in [0.15, 0.2) is 0 Å². The van der Waals surface area contributed by atoms with Crippen molar-refractivity contribution in [1.29, 1.82) is 0 Å². The number of nitrogens with one attached hydrogen (secondary N) is 2. The molecule has 0 spiro atoms. The number of amides is 2. The predicted octanol–water partition coefficient (Wildman–Crippen LogP) is 1.68. The van der Waals surface area contributed by atoms with Crippen molar-refractivity contribution in [2.45, 2.75) is 26.3 Å². The molecule has 0 fully saturated rings. The number of carbonyl (C=O) groups excluding carboxylic acids is 2. The average Bonchev–Trinajstić information content (AvgIpc) is 2.35. The first-order valence-electron chi connectivity index (χ1n) is 6.09. The lowest BCUT2D eigenvalue weighted by Gasteiger charge is -2.14. The van der Waals surface area contributed by atoms with Crippen molar-refractivity contribution in [3.05, 3.63) is 28.2 Å². The fourth-order valence-electron chi connectivity index (χ4n) is 1.48. The summed E-state index contributed by atoms with van der Waals surface area (Å²) in [7, 11) is 0. The van der Waals surface area contributed by atoms with Crippen molar-refractivity contribution in [1.82, 2.24) is 10.6 Å². The van der Waals surface area contributed by atoms with E-state index in [1.807, 2.05) is 6.92 Å². The van der Waals surface area contributed by atoms with Crippen LogP contribution in [0.3, 0.4) is 0 Å². The Morgan fingerprint density at radius 2 is 2.11 bits per heavy atom. The van der Waals surface area contributed by atoms with Crippen LogP contribution in [0, 0.1) is 0 Å². The van der Waals surface area contributed by atoms with Crippen LogP contribution < -0.4 is 16.4 Å². The molecule has 0 aromatic heterocycles. The number of halogens is 1. The first-order valence-corrected chi connectivity index (χ1v) is 6.88. The lowest BCUT2D eigenvalue weighted by molar-refractivity contribution is -0.122. The van der Waals surface area contributed by atoms with Gasteiger partial charge in [0.2, 0.25) is 5.91 Å². The molecule has 4 N–H and O–H groups in total. The highest BCUT2D eigenvalue weighted by Gasteiger charge is 2.17. The molecule has 1 atom stereocenters. The van der Waals surface area contributed by atoms with Gasteiger partial charge in [0.25, 0.3) is 5.91 Å². The lowest BCUT2D eigenvalue weighted by Crippen LogP contribution is -2.45. The van der Waals surface area contributed by atoms with Crippen LogP contribution in [0.2, 0.25) is 0 Å². The molecule has 0 saturated carbocycles. The molecule has 104 valence electrons. The van der Waals surface area contributed by atoms with E-state index in [0.717, 1.165) is 10.9 Å². The van der Waals surface area contributed by atoms with Crippen molar-refractivity contribution >= 4 is 33.4 Å². The molecule has 0 aliphatic heterocycles. The summed E-state index contributed by atoms with van der Waals surface area (Å²) in [4.78, 5) is 23.6. The standard InChI is InChI=1S/C13H18BrN3O2/c1-3-6-16-12(18)8(2)17-13(19)10-5-4-9(14)7-11(10)15/h4-5,7-8H,3,6,15H2,1-2H3,(H,16,18)(H,17,19). The van der Waals surface area contributed by atoms with Crippen LogP contribution in [0.15, 0.2) is 22.7 Å². The molecule has 2 amide bonds. The molecule has 1 unspecified atom stereocenters. The Labute approximate surface area is 121 Å². The van der Waals surface area contributed by atoms with Crippen molar-refractivity contribution in [3.63, 3.8) is 0 Å². The van der Waals surface area contributed by atoms with Gasteiger partial charge in [-0.05, 0) is 31.5 Å². The topological polar surface area (TPSA) is 84.2 Å². The molecule has 0 aliphatic carbocycles. The molecular weight excluding hydrogens is 310 g/mol. The van der Waals surface area contributed by atoms with E-state index in [1.165, 1.54) is 0 Å². The lowest BCUT2D eigenvalue weighted by atomic mass is 10.1. The first-order chi connectivity index (χ1) is 8.95. The van der Waals surface area contributed by atoms with Gasteiger partial charge in [-0.15, -0.1) is 0 Å². The van der Waals surface area contributed by atoms with Gasteiger partial charge >= 0.3 is 0 Å². The molecule has 0 bridgehead atoms. The van der Waals surface area contributed by atoms with Gasteiger partial charge in [-0.1, -0.05) is 22.9 Å². The summed E-state index contributed by atoms with van der Waals surface area (Å²) in [5.41, 5.74) is 6.49. The maximum Gasteiger partial charge on any atom is 0.254 e. The van der Waals surface area contributed by atoms with Crippen LogP contribution in [0.1, 0.15) is 30.6 Å². The van der Waals surface area contributed by atoms with Crippen molar-refractivity contribution in [3.8, 4) is 0 Å². The second-order valence-corrected chi connectivity index (χ2v) is 5.13. The van der Waals surface area contributed by atoms with Crippen molar-refractivity contribution in [2.24, 2.45) is 0 Å². The van der Waals surface area contributed by atoms with E-state index in [-0.39, 0.29) is 11.8 Å². The third-order valence-corrected chi connectivity index (χ3v) is 3.04. The summed E-state index contributed by atoms with van der Waals surface area (Å²) in [6, 6.07) is 4.40. The second kappa shape index (κ2) is 7.13. The number of benzene rings is 1. The molecule has 0 radical (unpaired) electrons. The zero-order chi connectivity index (χ0) is 14.4. The van der Waals surface area contributed by atoms with Crippen molar-refractivity contribution in [2.75, 3.05) is 12.3 Å². The number of carbonyl (C=O) groups is 2. The summed E-state index contributed by atoms with van der Waals surface area (Å²) < 4.78 is 0.801. The Bertz CT molecular complexity index is 477. The van der Waals surface area contributed by atoms with E-state index in [1.54, 1.807) is 25.1 Å². The fraction of sp³-hybridized carbons (Fsp3) is 0.385. The molecule has 0 aliphatic rings. The minimum atomic E-state index is -0.595. The van der Waals surface area contributed by atoms with Crippen LogP contribution in [0.5, 0.6) is 0 Å². The van der Waals surface area contributed by atoms with Gasteiger partial charge in [-0.25, -0.2) is 0 Å². The molecule has 6 heteroatoms. The van der Waals surface area contributed by atoms with E-state index >= 15 is 0 Å². The SMILES string of the molecule is CCCNC(=O)C(C)NC(=O)c1ccc(Br)cc1N. The highest BCUT2D eigenvalue weighted by atomic mass is 79.9. The number of anilines is 1. The average molecular weight is 328 g/mol. The van der Waals surface area contributed by atoms with Gasteiger partial charge in [-0.2, -0.15) is 0 Å². The molecule has 19 heavy (non-hydrogen) atoms. The highest BCUT2D eigenvalue weighted by Crippen LogP contribution is 2.18. The highest BCUT2D eigenvalue weighted by molar-refractivity contribution is 9.10. The van der Waals surface area contributed by atoms with Crippen molar-refractivity contribution < 1.29 is 9.59 Å². The molecular formula is C13H18BrN3O2.